The summed E-state index contributed by atoms with van der Waals surface area (Å²) in [6, 6.07) is 7.21. The lowest BCUT2D eigenvalue weighted by molar-refractivity contribution is -0.141. The van der Waals surface area contributed by atoms with Gasteiger partial charge in [0, 0.05) is 24.4 Å². The highest BCUT2D eigenvalue weighted by Crippen LogP contribution is 2.20. The maximum absolute atomic E-state index is 11.8. The Morgan fingerprint density at radius 3 is 2.56 bits per heavy atom. The van der Waals surface area contributed by atoms with Gasteiger partial charge in [0.05, 0.1) is 7.11 Å². The molecule has 10 nitrogen and oxygen atoms in total. The summed E-state index contributed by atoms with van der Waals surface area (Å²) < 4.78 is 10.2. The van der Waals surface area contributed by atoms with Crippen LogP contribution in [0, 0.1) is 0 Å². The summed E-state index contributed by atoms with van der Waals surface area (Å²) in [6.07, 6.45) is 1.94. The zero-order chi connectivity index (χ0) is 19.2. The first-order valence-electron chi connectivity index (χ1n) is 8.42. The van der Waals surface area contributed by atoms with E-state index in [2.05, 4.69) is 26.3 Å². The van der Waals surface area contributed by atoms with Crippen LogP contribution in [0.5, 0.6) is 5.75 Å². The molecule has 0 saturated heterocycles. The zero-order valence-electron chi connectivity index (χ0n) is 14.7. The molecule has 0 bridgehead atoms. The van der Waals surface area contributed by atoms with Crippen molar-refractivity contribution >= 4 is 17.7 Å². The maximum Gasteiger partial charge on any atom is 0.327 e. The Labute approximate surface area is 154 Å². The molecule has 0 radical (unpaired) electrons. The SMILES string of the molecule is COc1ccc(-c2noc(CCC(=O)NNC(=O)C(=O)NC3CC3)n2)cc1. The molecule has 10 heteroatoms. The van der Waals surface area contributed by atoms with Crippen LogP contribution in [0.1, 0.15) is 25.2 Å². The van der Waals surface area contributed by atoms with Gasteiger partial charge in [0.25, 0.3) is 0 Å². The first-order valence-corrected chi connectivity index (χ1v) is 8.42. The monoisotopic (exact) mass is 373 g/mol. The molecule has 27 heavy (non-hydrogen) atoms. The fraction of sp³-hybridized carbons (Fsp3) is 0.353. The number of hydrogen-bond donors (Lipinski definition) is 3. The van der Waals surface area contributed by atoms with E-state index in [1.165, 1.54) is 0 Å². The van der Waals surface area contributed by atoms with Crippen molar-refractivity contribution in [3.8, 4) is 17.1 Å². The number of amides is 3. The van der Waals surface area contributed by atoms with Crippen molar-refractivity contribution in [1.82, 2.24) is 26.3 Å². The molecule has 3 rings (SSSR count). The smallest absolute Gasteiger partial charge is 0.327 e. The number of benzene rings is 1. The Morgan fingerprint density at radius 1 is 1.15 bits per heavy atom. The number of methoxy groups -OCH3 is 1. The van der Waals surface area contributed by atoms with Crippen LogP contribution in [0.2, 0.25) is 0 Å². The van der Waals surface area contributed by atoms with Crippen LogP contribution in [-0.4, -0.2) is 41.0 Å². The number of aromatic nitrogens is 2. The maximum atomic E-state index is 11.8. The van der Waals surface area contributed by atoms with E-state index in [0.29, 0.717) is 11.6 Å². The van der Waals surface area contributed by atoms with E-state index >= 15 is 0 Å². The fourth-order valence-electron chi connectivity index (χ4n) is 2.16. The van der Waals surface area contributed by atoms with Crippen LogP contribution in [-0.2, 0) is 20.8 Å². The number of carbonyl (C=O) groups is 3. The van der Waals surface area contributed by atoms with Gasteiger partial charge in [-0.05, 0) is 37.1 Å². The van der Waals surface area contributed by atoms with Gasteiger partial charge in [-0.25, -0.2) is 0 Å². The van der Waals surface area contributed by atoms with E-state index in [1.54, 1.807) is 31.4 Å². The van der Waals surface area contributed by atoms with Gasteiger partial charge in [-0.1, -0.05) is 5.16 Å². The Balaban J connectivity index is 1.42. The second-order valence-electron chi connectivity index (χ2n) is 5.99. The Hall–Kier alpha value is -3.43. The lowest BCUT2D eigenvalue weighted by Crippen LogP contribution is -2.49. The number of ether oxygens (including phenoxy) is 1. The molecular formula is C17H19N5O5. The van der Waals surface area contributed by atoms with Crippen LogP contribution >= 0.6 is 0 Å². The van der Waals surface area contributed by atoms with Crippen molar-refractivity contribution in [3.63, 3.8) is 0 Å². The van der Waals surface area contributed by atoms with E-state index in [-0.39, 0.29) is 24.8 Å². The van der Waals surface area contributed by atoms with E-state index in [0.717, 1.165) is 18.4 Å². The predicted molar refractivity (Wildman–Crippen MR) is 92.1 cm³/mol. The van der Waals surface area contributed by atoms with Crippen LogP contribution in [0.4, 0.5) is 0 Å². The van der Waals surface area contributed by atoms with Crippen molar-refractivity contribution in [2.45, 2.75) is 31.7 Å². The predicted octanol–water partition coefficient (Wildman–Crippen LogP) is 0.104. The minimum atomic E-state index is -0.908. The van der Waals surface area contributed by atoms with Gasteiger partial charge in [0.2, 0.25) is 17.6 Å². The molecule has 1 aromatic carbocycles. The molecule has 0 atom stereocenters. The van der Waals surface area contributed by atoms with E-state index in [9.17, 15) is 14.4 Å². The molecule has 1 aromatic heterocycles. The highest BCUT2D eigenvalue weighted by molar-refractivity contribution is 6.35. The molecule has 1 heterocycles. The largest absolute Gasteiger partial charge is 0.497 e. The number of aryl methyl sites for hydroxylation is 1. The lowest BCUT2D eigenvalue weighted by Gasteiger charge is -2.06. The van der Waals surface area contributed by atoms with Crippen molar-refractivity contribution in [1.29, 1.82) is 0 Å². The normalized spacial score (nSPS) is 12.9. The number of nitrogens with one attached hydrogen (secondary N) is 3. The first kappa shape index (κ1) is 18.4. The second-order valence-corrected chi connectivity index (χ2v) is 5.99. The molecule has 1 fully saturated rings. The quantitative estimate of drug-likeness (QED) is 0.483. The summed E-state index contributed by atoms with van der Waals surface area (Å²) in [5.41, 5.74) is 4.99. The molecule has 2 aromatic rings. The zero-order valence-corrected chi connectivity index (χ0v) is 14.7. The highest BCUT2D eigenvalue weighted by atomic mass is 16.5. The highest BCUT2D eigenvalue weighted by Gasteiger charge is 2.26. The molecule has 0 spiro atoms. The number of nitrogens with zero attached hydrogens (tertiary/aromatic N) is 2. The number of carbonyl (C=O) groups excluding carboxylic acids is 3. The fourth-order valence-corrected chi connectivity index (χ4v) is 2.16. The van der Waals surface area contributed by atoms with Crippen molar-refractivity contribution in [2.24, 2.45) is 0 Å². The third kappa shape index (κ3) is 5.27. The summed E-state index contributed by atoms with van der Waals surface area (Å²) in [7, 11) is 1.58. The molecular weight excluding hydrogens is 354 g/mol. The standard InChI is InChI=1S/C17H19N5O5/c1-26-12-6-2-10(3-7-12)15-19-14(27-22-15)9-8-13(23)20-21-17(25)16(24)18-11-4-5-11/h2-3,6-7,11H,4-5,8-9H2,1H3,(H,18,24)(H,20,23)(H,21,25). The summed E-state index contributed by atoms with van der Waals surface area (Å²) in [4.78, 5) is 38.9. The number of hydrogen-bond acceptors (Lipinski definition) is 7. The van der Waals surface area contributed by atoms with Crippen LogP contribution < -0.4 is 20.9 Å². The summed E-state index contributed by atoms with van der Waals surface area (Å²) in [6.45, 7) is 0. The van der Waals surface area contributed by atoms with Gasteiger partial charge in [-0.2, -0.15) is 4.98 Å². The Bertz CT molecular complexity index is 828. The molecule has 1 saturated carbocycles. The molecule has 3 amide bonds. The van der Waals surface area contributed by atoms with Gasteiger partial charge < -0.3 is 14.6 Å². The third-order valence-electron chi connectivity index (χ3n) is 3.82. The van der Waals surface area contributed by atoms with Crippen LogP contribution in [0.3, 0.4) is 0 Å². The molecule has 1 aliphatic rings. The molecule has 0 unspecified atom stereocenters. The minimum Gasteiger partial charge on any atom is -0.497 e. The van der Waals surface area contributed by atoms with E-state index in [1.807, 2.05) is 0 Å². The first-order chi connectivity index (χ1) is 13.0. The van der Waals surface area contributed by atoms with Crippen molar-refractivity contribution in [3.05, 3.63) is 30.2 Å². The third-order valence-corrected chi connectivity index (χ3v) is 3.82. The summed E-state index contributed by atoms with van der Waals surface area (Å²) >= 11 is 0. The molecule has 1 aliphatic carbocycles. The van der Waals surface area contributed by atoms with E-state index < -0.39 is 17.7 Å². The average Bonchev–Trinajstić information content (AvgIpc) is 3.37. The minimum absolute atomic E-state index is 0.00870. The van der Waals surface area contributed by atoms with Gasteiger partial charge >= 0.3 is 11.8 Å². The average molecular weight is 373 g/mol. The summed E-state index contributed by atoms with van der Waals surface area (Å²) in [5.74, 6) is -0.751. The van der Waals surface area contributed by atoms with Crippen LogP contribution in [0.25, 0.3) is 11.4 Å². The van der Waals surface area contributed by atoms with Gasteiger partial charge in [-0.15, -0.1) is 0 Å². The molecule has 0 aliphatic heterocycles. The van der Waals surface area contributed by atoms with Crippen molar-refractivity contribution in [2.75, 3.05) is 7.11 Å². The van der Waals surface area contributed by atoms with Gasteiger partial charge in [-0.3, -0.25) is 25.2 Å². The number of rotatable bonds is 6. The van der Waals surface area contributed by atoms with Crippen LogP contribution in [0.15, 0.2) is 28.8 Å². The topological polar surface area (TPSA) is 135 Å². The molecule has 3 N–H and O–H groups in total. The Kier molecular flexibility index (Phi) is 5.64. The number of hydrazine groups is 1. The lowest BCUT2D eigenvalue weighted by atomic mass is 10.2. The Morgan fingerprint density at radius 2 is 1.89 bits per heavy atom. The van der Waals surface area contributed by atoms with Gasteiger partial charge in [0.1, 0.15) is 5.75 Å². The molecule has 142 valence electrons. The van der Waals surface area contributed by atoms with E-state index in [4.69, 9.17) is 9.26 Å². The van der Waals surface area contributed by atoms with Crippen molar-refractivity contribution < 1.29 is 23.6 Å². The second kappa shape index (κ2) is 8.30. The summed E-state index contributed by atoms with van der Waals surface area (Å²) in [5, 5.41) is 6.39. The van der Waals surface area contributed by atoms with Gasteiger partial charge in [0.15, 0.2) is 0 Å².